The number of hydrogen-bond donors (Lipinski definition) is 3. The largest absolute Gasteiger partial charge is 0.427 e. The van der Waals surface area contributed by atoms with Gasteiger partial charge in [0.15, 0.2) is 0 Å². The van der Waals surface area contributed by atoms with Crippen LogP contribution in [0.3, 0.4) is 0 Å². The molecule has 0 spiro atoms. The highest BCUT2D eigenvalue weighted by Gasteiger charge is 2.40. The fourth-order valence-corrected chi connectivity index (χ4v) is 3.00. The molecule has 94 valence electrons. The van der Waals surface area contributed by atoms with Crippen LogP contribution in [0.5, 0.6) is 5.75 Å². The molecule has 1 aromatic rings. The molecule has 3 N–H and O–H groups in total. The molecule has 0 radical (unpaired) electrons. The predicted molar refractivity (Wildman–Crippen MR) is 66.5 cm³/mol. The first kappa shape index (κ1) is 14.8. The average molecular weight is 317 g/mol. The van der Waals surface area contributed by atoms with Gasteiger partial charge in [-0.05, 0) is 24.3 Å². The summed E-state index contributed by atoms with van der Waals surface area (Å²) in [4.78, 5) is 26.7. The molecule has 0 aliphatic rings. The van der Waals surface area contributed by atoms with Gasteiger partial charge in [0.05, 0.1) is 0 Å². The molecule has 0 aliphatic carbocycles. The summed E-state index contributed by atoms with van der Waals surface area (Å²) < 4.78 is 25.5. The minimum atomic E-state index is -4.96. The van der Waals surface area contributed by atoms with Crippen LogP contribution in [-0.2, 0) is 9.13 Å². The van der Waals surface area contributed by atoms with E-state index in [2.05, 4.69) is 16.7 Å². The summed E-state index contributed by atoms with van der Waals surface area (Å²) >= 11 is 9.81. The van der Waals surface area contributed by atoms with E-state index >= 15 is 0 Å². The molecule has 0 aliphatic heterocycles. The van der Waals surface area contributed by atoms with E-state index in [-0.39, 0.29) is 5.75 Å². The lowest BCUT2D eigenvalue weighted by Crippen LogP contribution is -2.03. The van der Waals surface area contributed by atoms with E-state index in [1.807, 2.05) is 0 Å². The fraction of sp³-hybridized carbons (Fsp3) is 0. The monoisotopic (exact) mass is 316 g/mol. The Morgan fingerprint density at radius 2 is 1.65 bits per heavy atom. The minimum absolute atomic E-state index is 0.0731. The Morgan fingerprint density at radius 3 is 2.06 bits per heavy atom. The highest BCUT2D eigenvalue weighted by Crippen LogP contribution is 2.58. The van der Waals surface area contributed by atoms with Gasteiger partial charge in [-0.1, -0.05) is 23.8 Å². The van der Waals surface area contributed by atoms with Gasteiger partial charge in [-0.15, -0.1) is 0 Å². The van der Waals surface area contributed by atoms with Crippen molar-refractivity contribution in [3.63, 3.8) is 0 Å². The van der Waals surface area contributed by atoms with Crippen molar-refractivity contribution < 1.29 is 28.3 Å². The molecular weight excluding hydrogens is 310 g/mol. The van der Waals surface area contributed by atoms with Crippen LogP contribution in [0.1, 0.15) is 0 Å². The highest BCUT2D eigenvalue weighted by atomic mass is 35.5. The first-order chi connectivity index (χ1) is 7.63. The van der Waals surface area contributed by atoms with Crippen molar-refractivity contribution in [2.75, 3.05) is 0 Å². The van der Waals surface area contributed by atoms with Crippen LogP contribution in [0.4, 0.5) is 0 Å². The third-order valence-corrected chi connectivity index (χ3v) is 6.17. The third kappa shape index (κ3) is 4.16. The summed E-state index contributed by atoms with van der Waals surface area (Å²) in [5.41, 5.74) is 0. The van der Waals surface area contributed by atoms with Crippen molar-refractivity contribution >= 4 is 43.4 Å². The Morgan fingerprint density at radius 1 is 1.18 bits per heavy atom. The molecule has 0 amide bonds. The molecule has 1 aromatic carbocycles. The number of halogens is 1. The number of hydrogen-bond acceptors (Lipinski definition) is 4. The summed E-state index contributed by atoms with van der Waals surface area (Å²) in [5.74, 6) is -0.0731. The molecule has 17 heavy (non-hydrogen) atoms. The molecule has 6 nitrogen and oxygen atoms in total. The molecule has 1 unspecified atom stereocenters. The van der Waals surface area contributed by atoms with Gasteiger partial charge in [-0.3, -0.25) is 4.57 Å². The number of benzene rings is 1. The standard InChI is InChI=1S/C7H7ClO6P2S/c8-5-1-3-6(4-2-5)14-16(12,13)7(17)15(9,10)11/h1-4H,(H,12,13)(H2,9,10,11). The lowest BCUT2D eigenvalue weighted by atomic mass is 10.3. The minimum Gasteiger partial charge on any atom is -0.421 e. The molecule has 0 bridgehead atoms. The average Bonchev–Trinajstić information content (AvgIpc) is 2.19. The normalized spacial score (nSPS) is 15.1. The topological polar surface area (TPSA) is 104 Å². The van der Waals surface area contributed by atoms with Crippen LogP contribution in [0.15, 0.2) is 24.3 Å². The van der Waals surface area contributed by atoms with Crippen LogP contribution in [0.25, 0.3) is 0 Å². The predicted octanol–water partition coefficient (Wildman–Crippen LogP) is 2.37. The molecule has 0 aromatic heterocycles. The van der Waals surface area contributed by atoms with Crippen LogP contribution in [0, 0.1) is 0 Å². The van der Waals surface area contributed by atoms with E-state index in [1.54, 1.807) is 0 Å². The maximum Gasteiger partial charge on any atom is 0.427 e. The van der Waals surface area contributed by atoms with E-state index in [0.717, 1.165) is 0 Å². The smallest absolute Gasteiger partial charge is 0.421 e. The zero-order valence-corrected chi connectivity index (χ0v) is 11.4. The van der Waals surface area contributed by atoms with Crippen LogP contribution in [-0.4, -0.2) is 19.0 Å². The Hall–Kier alpha value is -0.260. The number of rotatable bonds is 4. The summed E-state index contributed by atoms with van der Waals surface area (Å²) in [6, 6.07) is 5.32. The summed E-state index contributed by atoms with van der Waals surface area (Å²) in [5, 5.41) is 0.377. The van der Waals surface area contributed by atoms with Crippen molar-refractivity contribution in [1.82, 2.24) is 0 Å². The van der Waals surface area contributed by atoms with Crippen LogP contribution < -0.4 is 4.52 Å². The second kappa shape index (κ2) is 5.16. The summed E-state index contributed by atoms with van der Waals surface area (Å²) in [6.45, 7) is 0. The lowest BCUT2D eigenvalue weighted by molar-refractivity contribution is 0.385. The Bertz CT molecular complexity index is 524. The van der Waals surface area contributed by atoms with Crippen molar-refractivity contribution in [2.45, 2.75) is 0 Å². The zero-order valence-electron chi connectivity index (χ0n) is 8.06. The van der Waals surface area contributed by atoms with Gasteiger partial charge >= 0.3 is 15.2 Å². The van der Waals surface area contributed by atoms with E-state index in [0.29, 0.717) is 5.02 Å². The first-order valence-electron chi connectivity index (χ1n) is 4.01. The first-order valence-corrected chi connectivity index (χ1v) is 7.99. The van der Waals surface area contributed by atoms with E-state index in [9.17, 15) is 14.0 Å². The second-order valence-corrected chi connectivity index (χ2v) is 7.90. The van der Waals surface area contributed by atoms with Crippen molar-refractivity contribution in [3.05, 3.63) is 29.3 Å². The van der Waals surface area contributed by atoms with Crippen molar-refractivity contribution in [3.8, 4) is 5.75 Å². The molecule has 1 rings (SSSR count). The summed E-state index contributed by atoms with van der Waals surface area (Å²) in [7, 11) is -9.67. The molecule has 1 atom stereocenters. The van der Waals surface area contributed by atoms with E-state index < -0.39 is 19.5 Å². The van der Waals surface area contributed by atoms with Crippen molar-refractivity contribution in [2.24, 2.45) is 0 Å². The van der Waals surface area contributed by atoms with Crippen LogP contribution in [0.2, 0.25) is 5.02 Å². The zero-order chi connectivity index (χ0) is 13.3. The quantitative estimate of drug-likeness (QED) is 0.578. The Kier molecular flexibility index (Phi) is 4.49. The lowest BCUT2D eigenvalue weighted by Gasteiger charge is -2.14. The maximum atomic E-state index is 11.5. The van der Waals surface area contributed by atoms with Gasteiger partial charge in [0.2, 0.25) is 4.35 Å². The third-order valence-electron chi connectivity index (χ3n) is 1.53. The maximum absolute atomic E-state index is 11.5. The Balaban J connectivity index is 2.94. The summed E-state index contributed by atoms with van der Waals surface area (Å²) in [6.07, 6.45) is 0. The van der Waals surface area contributed by atoms with Gasteiger partial charge in [0.25, 0.3) is 0 Å². The van der Waals surface area contributed by atoms with Gasteiger partial charge < -0.3 is 19.2 Å². The van der Waals surface area contributed by atoms with Gasteiger partial charge in [0.1, 0.15) is 5.75 Å². The number of thiocarbonyl (C=S) groups is 1. The van der Waals surface area contributed by atoms with Gasteiger partial charge in [-0.25, -0.2) is 4.57 Å². The second-order valence-electron chi connectivity index (χ2n) is 2.89. The molecule has 0 saturated heterocycles. The molecule has 0 heterocycles. The van der Waals surface area contributed by atoms with E-state index in [1.165, 1.54) is 24.3 Å². The van der Waals surface area contributed by atoms with E-state index in [4.69, 9.17) is 21.4 Å². The SMILES string of the molecule is O=P(O)(O)C(=S)P(=O)(O)Oc1ccc(Cl)cc1. The molecule has 0 fully saturated rings. The van der Waals surface area contributed by atoms with Gasteiger partial charge in [0, 0.05) is 5.02 Å². The Labute approximate surface area is 107 Å². The van der Waals surface area contributed by atoms with Crippen LogP contribution >= 0.6 is 39.0 Å². The fourth-order valence-electron chi connectivity index (χ4n) is 0.842. The molecular formula is C7H7ClO6P2S. The molecule has 0 saturated carbocycles. The van der Waals surface area contributed by atoms with Crippen molar-refractivity contribution in [1.29, 1.82) is 0 Å². The molecule has 10 heteroatoms. The highest BCUT2D eigenvalue weighted by molar-refractivity contribution is 8.16. The van der Waals surface area contributed by atoms with Gasteiger partial charge in [-0.2, -0.15) is 0 Å².